The summed E-state index contributed by atoms with van der Waals surface area (Å²) >= 11 is 3.84. The summed E-state index contributed by atoms with van der Waals surface area (Å²) in [6.07, 6.45) is 1.17. The average Bonchev–Trinajstić information content (AvgIpc) is 2.37. The maximum atomic E-state index is 3.84. The zero-order valence-electron chi connectivity index (χ0n) is 12.6. The Bertz CT molecular complexity index is 362. The van der Waals surface area contributed by atoms with Crippen LogP contribution in [0.2, 0.25) is 0 Å². The first-order valence-corrected chi connectivity index (χ1v) is 7.95. The summed E-state index contributed by atoms with van der Waals surface area (Å²) < 4.78 is 0. The van der Waals surface area contributed by atoms with E-state index in [1.165, 1.54) is 17.5 Å². The van der Waals surface area contributed by atoms with E-state index in [1.54, 1.807) is 0 Å². The second kappa shape index (κ2) is 6.23. The highest BCUT2D eigenvalue weighted by Gasteiger charge is 2.21. The molecular formula is C17H27Br. The first-order chi connectivity index (χ1) is 8.29. The second-order valence-electron chi connectivity index (χ2n) is 6.36. The van der Waals surface area contributed by atoms with Gasteiger partial charge in [0.15, 0.2) is 0 Å². The van der Waals surface area contributed by atoms with Crippen LogP contribution in [0.5, 0.6) is 0 Å². The van der Waals surface area contributed by atoms with Crippen LogP contribution in [-0.2, 0) is 5.41 Å². The Morgan fingerprint density at radius 3 is 1.94 bits per heavy atom. The van der Waals surface area contributed by atoms with Crippen molar-refractivity contribution in [3.63, 3.8) is 0 Å². The van der Waals surface area contributed by atoms with Crippen molar-refractivity contribution < 1.29 is 0 Å². The van der Waals surface area contributed by atoms with Crippen molar-refractivity contribution in [2.24, 2.45) is 11.8 Å². The van der Waals surface area contributed by atoms with Crippen LogP contribution >= 0.6 is 15.9 Å². The number of alkyl halides is 1. The van der Waals surface area contributed by atoms with Crippen LogP contribution in [0, 0.1) is 11.8 Å². The molecule has 0 radical (unpaired) electrons. The van der Waals surface area contributed by atoms with E-state index in [1.807, 2.05) is 0 Å². The van der Waals surface area contributed by atoms with Crippen molar-refractivity contribution in [2.45, 2.75) is 58.2 Å². The minimum Gasteiger partial charge on any atom is -0.0836 e. The fourth-order valence-corrected chi connectivity index (χ4v) is 2.88. The molecule has 102 valence electrons. The minimum absolute atomic E-state index is 0.282. The molecule has 0 aromatic heterocycles. The molecule has 0 saturated heterocycles. The van der Waals surface area contributed by atoms with E-state index in [-0.39, 0.29) is 5.41 Å². The number of rotatable bonds is 5. The average molecular weight is 311 g/mol. The van der Waals surface area contributed by atoms with Gasteiger partial charge in [-0.25, -0.2) is 0 Å². The van der Waals surface area contributed by atoms with E-state index >= 15 is 0 Å². The Labute approximate surface area is 121 Å². The molecule has 1 aromatic carbocycles. The molecule has 0 aliphatic rings. The fraction of sp³-hybridized carbons (Fsp3) is 0.647. The van der Waals surface area contributed by atoms with Gasteiger partial charge in [-0.2, -0.15) is 0 Å². The van der Waals surface area contributed by atoms with Gasteiger partial charge < -0.3 is 0 Å². The third-order valence-corrected chi connectivity index (χ3v) is 5.77. The van der Waals surface area contributed by atoms with Crippen molar-refractivity contribution in [2.75, 3.05) is 0 Å². The number of hydrogen-bond donors (Lipinski definition) is 0. The summed E-state index contributed by atoms with van der Waals surface area (Å²) in [5, 5.41) is 0. The normalized spacial score (nSPS) is 15.8. The molecule has 0 amide bonds. The molecule has 0 aliphatic heterocycles. The molecule has 0 N–H and O–H groups in total. The van der Waals surface area contributed by atoms with Gasteiger partial charge in [-0.1, -0.05) is 81.7 Å². The Kier molecular flexibility index (Phi) is 5.46. The standard InChI is InChI=1S/C17H27Br/c1-7-17(5,6)15-10-8-14(9-11-15)16(18)13(4)12(2)3/h8-13,16H,7H2,1-6H3. The maximum Gasteiger partial charge on any atom is 0.0423 e. The first-order valence-electron chi connectivity index (χ1n) is 7.04. The quantitative estimate of drug-likeness (QED) is 0.576. The molecule has 0 aliphatic carbocycles. The predicted molar refractivity (Wildman–Crippen MR) is 85.4 cm³/mol. The van der Waals surface area contributed by atoms with Gasteiger partial charge in [0.25, 0.3) is 0 Å². The van der Waals surface area contributed by atoms with E-state index in [9.17, 15) is 0 Å². The van der Waals surface area contributed by atoms with Crippen LogP contribution < -0.4 is 0 Å². The molecule has 2 atom stereocenters. The van der Waals surface area contributed by atoms with Crippen LogP contribution in [0.4, 0.5) is 0 Å². The Morgan fingerprint density at radius 2 is 1.56 bits per heavy atom. The van der Waals surface area contributed by atoms with Gasteiger partial charge in [0.1, 0.15) is 0 Å². The summed E-state index contributed by atoms with van der Waals surface area (Å²) in [5.74, 6) is 1.34. The molecule has 1 heteroatoms. The SMILES string of the molecule is CCC(C)(C)c1ccc(C(Br)C(C)C(C)C)cc1. The van der Waals surface area contributed by atoms with Gasteiger partial charge in [0, 0.05) is 4.83 Å². The lowest BCUT2D eigenvalue weighted by atomic mass is 9.81. The van der Waals surface area contributed by atoms with Crippen LogP contribution in [0.1, 0.15) is 63.9 Å². The smallest absolute Gasteiger partial charge is 0.0423 e. The largest absolute Gasteiger partial charge is 0.0836 e. The monoisotopic (exact) mass is 310 g/mol. The molecule has 0 bridgehead atoms. The van der Waals surface area contributed by atoms with Crippen molar-refractivity contribution in [3.05, 3.63) is 35.4 Å². The fourth-order valence-electron chi connectivity index (χ4n) is 1.96. The van der Waals surface area contributed by atoms with Gasteiger partial charge in [-0.15, -0.1) is 0 Å². The highest BCUT2D eigenvalue weighted by Crippen LogP contribution is 2.36. The highest BCUT2D eigenvalue weighted by atomic mass is 79.9. The van der Waals surface area contributed by atoms with E-state index < -0.39 is 0 Å². The predicted octanol–water partition coefficient (Wildman–Crippen LogP) is 6.10. The number of benzene rings is 1. The molecule has 0 fully saturated rings. The van der Waals surface area contributed by atoms with Crippen LogP contribution in [-0.4, -0.2) is 0 Å². The summed E-state index contributed by atoms with van der Waals surface area (Å²) in [6, 6.07) is 9.15. The molecule has 1 aromatic rings. The first kappa shape index (κ1) is 15.8. The van der Waals surface area contributed by atoms with E-state index in [4.69, 9.17) is 0 Å². The van der Waals surface area contributed by atoms with Crippen LogP contribution in [0.25, 0.3) is 0 Å². The van der Waals surface area contributed by atoms with E-state index in [0.717, 1.165) is 0 Å². The van der Waals surface area contributed by atoms with Crippen molar-refractivity contribution in [1.82, 2.24) is 0 Å². The third kappa shape index (κ3) is 3.60. The molecule has 0 spiro atoms. The lowest BCUT2D eigenvalue weighted by molar-refractivity contribution is 0.414. The highest BCUT2D eigenvalue weighted by molar-refractivity contribution is 9.09. The topological polar surface area (TPSA) is 0 Å². The Hall–Kier alpha value is -0.300. The summed E-state index contributed by atoms with van der Waals surface area (Å²) in [5.41, 5.74) is 3.11. The molecule has 1 rings (SSSR count). The minimum atomic E-state index is 0.282. The molecule has 0 heterocycles. The number of halogens is 1. The van der Waals surface area contributed by atoms with Gasteiger partial charge in [0.05, 0.1) is 0 Å². The molecule has 0 nitrogen and oxygen atoms in total. The Balaban J connectivity index is 2.89. The zero-order chi connectivity index (χ0) is 13.9. The molecular weight excluding hydrogens is 284 g/mol. The van der Waals surface area contributed by atoms with Gasteiger partial charge in [0.2, 0.25) is 0 Å². The zero-order valence-corrected chi connectivity index (χ0v) is 14.2. The Morgan fingerprint density at radius 1 is 1.06 bits per heavy atom. The molecule has 2 unspecified atom stereocenters. The molecule has 0 saturated carbocycles. The van der Waals surface area contributed by atoms with Crippen molar-refractivity contribution in [1.29, 1.82) is 0 Å². The van der Waals surface area contributed by atoms with Crippen LogP contribution in [0.3, 0.4) is 0 Å². The summed E-state index contributed by atoms with van der Waals surface area (Å²) in [4.78, 5) is 0.455. The maximum absolute atomic E-state index is 3.84. The third-order valence-electron chi connectivity index (χ3n) is 4.41. The number of hydrogen-bond acceptors (Lipinski definition) is 0. The van der Waals surface area contributed by atoms with Gasteiger partial charge >= 0.3 is 0 Å². The summed E-state index contributed by atoms with van der Waals surface area (Å²) in [6.45, 7) is 13.8. The van der Waals surface area contributed by atoms with Crippen LogP contribution in [0.15, 0.2) is 24.3 Å². The molecule has 18 heavy (non-hydrogen) atoms. The van der Waals surface area contributed by atoms with Crippen molar-refractivity contribution in [3.8, 4) is 0 Å². The second-order valence-corrected chi connectivity index (χ2v) is 7.35. The summed E-state index contributed by atoms with van der Waals surface area (Å²) in [7, 11) is 0. The van der Waals surface area contributed by atoms with Gasteiger partial charge in [-0.05, 0) is 34.8 Å². The van der Waals surface area contributed by atoms with E-state index in [0.29, 0.717) is 16.7 Å². The lowest BCUT2D eigenvalue weighted by Gasteiger charge is -2.25. The van der Waals surface area contributed by atoms with Crippen molar-refractivity contribution >= 4 is 15.9 Å². The lowest BCUT2D eigenvalue weighted by Crippen LogP contribution is -2.16. The van der Waals surface area contributed by atoms with E-state index in [2.05, 4.69) is 81.7 Å². The van der Waals surface area contributed by atoms with Gasteiger partial charge in [-0.3, -0.25) is 0 Å².